The molecule has 1 heterocycles. The third-order valence-corrected chi connectivity index (χ3v) is 0.442. The van der Waals surface area contributed by atoms with Gasteiger partial charge in [-0.05, 0) is 0 Å². The molecule has 0 bridgehead atoms. The largest absolute Gasteiger partial charge is 3.00 e. The summed E-state index contributed by atoms with van der Waals surface area (Å²) in [4.78, 5) is 2.74. The minimum atomic E-state index is 0. The molecule has 43 valence electrons. The van der Waals surface area contributed by atoms with Crippen molar-refractivity contribution < 1.29 is 46.5 Å². The van der Waals surface area contributed by atoms with Gasteiger partial charge in [0.1, 0.15) is 0 Å². The summed E-state index contributed by atoms with van der Waals surface area (Å²) in [7, 11) is 0. The normalized spacial score (nSPS) is 5.00. The Balaban J connectivity index is -0.0000000833. The number of nitrogens with one attached hydrogen (secondary N) is 1. The average Bonchev–Trinajstić information content (AvgIpc) is 1.76. The molecule has 0 saturated heterocycles. The van der Waals surface area contributed by atoms with Gasteiger partial charge in [0, 0.05) is 0 Å². The number of aromatic amines is 1. The minimum Gasteiger partial charge on any atom is -1.00 e. The van der Waals surface area contributed by atoms with Crippen molar-refractivity contribution >= 4 is 0 Å². The Labute approximate surface area is 76.0 Å². The molecule has 1 aromatic rings. The molecule has 0 aliphatic heterocycles. The first-order valence-corrected chi connectivity index (χ1v) is 1.49. The van der Waals surface area contributed by atoms with Crippen LogP contribution >= 0.6 is 0 Å². The Bertz CT molecular complexity index is 70.5. The van der Waals surface area contributed by atoms with Crippen LogP contribution in [0, 0.1) is 6.20 Å². The quantitative estimate of drug-likeness (QED) is 0.307. The van der Waals surface area contributed by atoms with Crippen molar-refractivity contribution in [2.24, 2.45) is 0 Å². The predicted molar refractivity (Wildman–Crippen MR) is 19.6 cm³/mol. The number of hydrogen-bond acceptors (Lipinski definition) is 0. The summed E-state index contributed by atoms with van der Waals surface area (Å²) < 4.78 is 0. The molecule has 4 heteroatoms. The summed E-state index contributed by atoms with van der Waals surface area (Å²) >= 11 is 0. The van der Waals surface area contributed by atoms with Crippen LogP contribution in [0.2, 0.25) is 0 Å². The Morgan fingerprint density at radius 3 is 2.00 bits per heavy atom. The fourth-order valence-electron chi connectivity index (χ4n) is 0.241. The molecular weight excluding hydrogens is 181 g/mol. The number of H-pyrrole nitrogens is 1. The first-order valence-electron chi connectivity index (χ1n) is 1.49. The van der Waals surface area contributed by atoms with Crippen LogP contribution in [-0.2, 0) is 21.7 Å². The maximum Gasteiger partial charge on any atom is 3.00 e. The summed E-state index contributed by atoms with van der Waals surface area (Å²) in [5, 5.41) is 0. The molecule has 0 aliphatic carbocycles. The van der Waals surface area contributed by atoms with E-state index in [1.807, 2.05) is 18.3 Å². The van der Waals surface area contributed by atoms with Gasteiger partial charge in [-0.3, -0.25) is 0 Å². The van der Waals surface area contributed by atoms with E-state index in [-0.39, 0.29) is 46.5 Å². The van der Waals surface area contributed by atoms with Gasteiger partial charge in [0.05, 0.1) is 0 Å². The van der Waals surface area contributed by atoms with Crippen LogP contribution in [0.4, 0.5) is 0 Å². The van der Waals surface area contributed by atoms with E-state index < -0.39 is 0 Å². The van der Waals surface area contributed by atoms with Crippen molar-refractivity contribution in [1.82, 2.24) is 4.98 Å². The summed E-state index contributed by atoms with van der Waals surface area (Å²) in [5.41, 5.74) is 0. The monoisotopic (exact) mass is 184 g/mol. The molecule has 1 radical (unpaired) electrons. The number of hydrogen-bond donors (Lipinski definition) is 1. The standard InChI is InChI=1S/C4H4N.2ClH.Ti/c1-2-4-5-3-1;;;/h1-3,5H;2*1H;/q-1;;;+3/p-2. The van der Waals surface area contributed by atoms with Gasteiger partial charge < -0.3 is 29.8 Å². The molecule has 1 N–H and O–H groups in total. The van der Waals surface area contributed by atoms with Crippen molar-refractivity contribution in [2.75, 3.05) is 0 Å². The molecule has 0 amide bonds. The second-order valence-electron chi connectivity index (χ2n) is 0.814. The molecule has 1 rings (SSSR count). The smallest absolute Gasteiger partial charge is 1.00 e. The molecule has 8 heavy (non-hydrogen) atoms. The van der Waals surface area contributed by atoms with Gasteiger partial charge >= 0.3 is 21.7 Å². The third-order valence-electron chi connectivity index (χ3n) is 0.442. The van der Waals surface area contributed by atoms with E-state index in [4.69, 9.17) is 0 Å². The number of halogens is 2. The van der Waals surface area contributed by atoms with Gasteiger partial charge in [0.2, 0.25) is 0 Å². The topological polar surface area (TPSA) is 15.8 Å². The molecule has 0 atom stereocenters. The van der Waals surface area contributed by atoms with Gasteiger partial charge in [0.15, 0.2) is 0 Å². The van der Waals surface area contributed by atoms with E-state index >= 15 is 0 Å². The van der Waals surface area contributed by atoms with Crippen LogP contribution in [-0.4, -0.2) is 4.98 Å². The molecule has 0 aromatic carbocycles. The number of aromatic nitrogens is 1. The van der Waals surface area contributed by atoms with Crippen molar-refractivity contribution in [3.05, 3.63) is 24.5 Å². The minimum absolute atomic E-state index is 0. The summed E-state index contributed by atoms with van der Waals surface area (Å²) in [5.74, 6) is 0. The second kappa shape index (κ2) is 10.5. The molecule has 0 spiro atoms. The van der Waals surface area contributed by atoms with E-state index in [2.05, 4.69) is 11.2 Å². The van der Waals surface area contributed by atoms with Crippen molar-refractivity contribution in [1.29, 1.82) is 0 Å². The zero-order valence-corrected chi connectivity index (χ0v) is 7.06. The zero-order chi connectivity index (χ0) is 3.54. The van der Waals surface area contributed by atoms with Crippen LogP contribution in [0.1, 0.15) is 0 Å². The molecular formula is C4H4Cl2NTi. The van der Waals surface area contributed by atoms with Crippen LogP contribution < -0.4 is 24.8 Å². The van der Waals surface area contributed by atoms with E-state index in [1.54, 1.807) is 0 Å². The fourth-order valence-corrected chi connectivity index (χ4v) is 0.241. The van der Waals surface area contributed by atoms with Crippen molar-refractivity contribution in [2.45, 2.75) is 0 Å². The van der Waals surface area contributed by atoms with E-state index in [0.717, 1.165) is 0 Å². The van der Waals surface area contributed by atoms with Gasteiger partial charge in [-0.2, -0.15) is 18.3 Å². The maximum absolute atomic E-state index is 2.74. The van der Waals surface area contributed by atoms with Crippen molar-refractivity contribution in [3.8, 4) is 0 Å². The van der Waals surface area contributed by atoms with Gasteiger partial charge in [-0.25, -0.2) is 0 Å². The molecule has 0 fully saturated rings. The Hall–Kier alpha value is 0.574. The molecule has 0 aliphatic rings. The van der Waals surface area contributed by atoms with Crippen LogP contribution in [0.15, 0.2) is 18.3 Å². The Morgan fingerprint density at radius 2 is 1.88 bits per heavy atom. The van der Waals surface area contributed by atoms with E-state index in [1.165, 1.54) is 0 Å². The molecule has 0 saturated carbocycles. The predicted octanol–water partition coefficient (Wildman–Crippen LogP) is -5.18. The number of rotatable bonds is 0. The average molecular weight is 185 g/mol. The Kier molecular flexibility index (Phi) is 20.8. The summed E-state index contributed by atoms with van der Waals surface area (Å²) in [6.07, 6.45) is 4.56. The maximum atomic E-state index is 2.74. The van der Waals surface area contributed by atoms with E-state index in [9.17, 15) is 0 Å². The molecule has 0 unspecified atom stereocenters. The SMILES string of the molecule is [Cl-].[Cl-].[Ti+3].[c-]1ccc[nH]1. The van der Waals surface area contributed by atoms with Crippen LogP contribution in [0.3, 0.4) is 0 Å². The first kappa shape index (κ1) is 15.8. The van der Waals surface area contributed by atoms with E-state index in [0.29, 0.717) is 0 Å². The van der Waals surface area contributed by atoms with Gasteiger partial charge in [-0.15, -0.1) is 6.20 Å². The Morgan fingerprint density at radius 1 is 1.25 bits per heavy atom. The second-order valence-corrected chi connectivity index (χ2v) is 0.814. The van der Waals surface area contributed by atoms with Gasteiger partial charge in [-0.1, -0.05) is 0 Å². The fraction of sp³-hybridized carbons (Fsp3) is 0. The summed E-state index contributed by atoms with van der Waals surface area (Å²) in [6, 6.07) is 3.71. The van der Waals surface area contributed by atoms with Crippen LogP contribution in [0.5, 0.6) is 0 Å². The molecule has 1 nitrogen and oxygen atoms in total. The van der Waals surface area contributed by atoms with Gasteiger partial charge in [0.25, 0.3) is 0 Å². The van der Waals surface area contributed by atoms with Crippen molar-refractivity contribution in [3.63, 3.8) is 0 Å². The first-order chi connectivity index (χ1) is 2.50. The molecule has 1 aromatic heterocycles. The summed E-state index contributed by atoms with van der Waals surface area (Å²) in [6.45, 7) is 0. The van der Waals surface area contributed by atoms with Crippen LogP contribution in [0.25, 0.3) is 0 Å². The zero-order valence-electron chi connectivity index (χ0n) is 3.99. The third kappa shape index (κ3) is 6.57.